The molecule has 12 rings (SSSR count). The van der Waals surface area contributed by atoms with Crippen molar-refractivity contribution in [3.05, 3.63) is 255 Å². The quantitative estimate of drug-likeness (QED) is 0.122. The molecule has 0 fully saturated rings. The highest BCUT2D eigenvalue weighted by atomic mass is 28.3. The third kappa shape index (κ3) is 5.85. The molecule has 3 heteroatoms. The van der Waals surface area contributed by atoms with E-state index >= 15 is 0 Å². The Labute approximate surface area is 370 Å². The maximum Gasteiger partial charge on any atom is 0.179 e. The molecule has 0 atom stereocenters. The van der Waals surface area contributed by atoms with E-state index in [4.69, 9.17) is 0 Å². The first-order valence-electron chi connectivity index (χ1n) is 21.8. The Morgan fingerprint density at radius 3 is 0.698 bits per heavy atom. The van der Waals surface area contributed by atoms with Crippen molar-refractivity contribution in [1.82, 2.24) is 0 Å². The molecule has 63 heavy (non-hydrogen) atoms. The van der Waals surface area contributed by atoms with E-state index in [2.05, 4.69) is 265 Å². The fourth-order valence-electron chi connectivity index (χ4n) is 10.4. The lowest BCUT2D eigenvalue weighted by Gasteiger charge is -2.35. The van der Waals surface area contributed by atoms with Crippen LogP contribution in [0.2, 0.25) is 0 Å². The van der Waals surface area contributed by atoms with Crippen LogP contribution in [0.1, 0.15) is 0 Å². The predicted octanol–water partition coefficient (Wildman–Crippen LogP) is 13.3. The van der Waals surface area contributed by atoms with Crippen LogP contribution in [-0.4, -0.2) is 8.07 Å². The van der Waals surface area contributed by atoms with Crippen LogP contribution in [0.4, 0.5) is 34.1 Å². The monoisotopic (exact) mass is 818 g/mol. The lowest BCUT2D eigenvalue weighted by atomic mass is 9.95. The number of anilines is 6. The molecule has 296 valence electrons. The Morgan fingerprint density at radius 2 is 0.413 bits per heavy atom. The predicted molar refractivity (Wildman–Crippen MR) is 268 cm³/mol. The summed E-state index contributed by atoms with van der Waals surface area (Å²) < 4.78 is 0. The summed E-state index contributed by atoms with van der Waals surface area (Å²) in [5.41, 5.74) is 16.9. The highest BCUT2D eigenvalue weighted by molar-refractivity contribution is 7.19. The summed E-state index contributed by atoms with van der Waals surface area (Å²) in [7, 11) is -2.89. The van der Waals surface area contributed by atoms with Gasteiger partial charge in [-0.1, -0.05) is 206 Å². The second-order valence-electron chi connectivity index (χ2n) is 16.4. The van der Waals surface area contributed by atoms with E-state index in [0.717, 1.165) is 11.4 Å². The Bertz CT molecular complexity index is 2930. The molecule has 2 heterocycles. The van der Waals surface area contributed by atoms with Gasteiger partial charge in [0, 0.05) is 33.6 Å². The topological polar surface area (TPSA) is 6.48 Å². The van der Waals surface area contributed by atoms with Gasteiger partial charge in [-0.25, -0.2) is 0 Å². The number of benzene rings is 10. The maximum absolute atomic E-state index is 2.89. The summed E-state index contributed by atoms with van der Waals surface area (Å²) in [5.74, 6) is 0. The molecule has 0 unspecified atom stereocenters. The van der Waals surface area contributed by atoms with Gasteiger partial charge in [-0.05, 0) is 91.5 Å². The molecular weight excluding hydrogens is 777 g/mol. The number of fused-ring (bicyclic) bond motifs is 10. The van der Waals surface area contributed by atoms with Crippen LogP contribution in [0.15, 0.2) is 255 Å². The maximum atomic E-state index is 2.45. The lowest BCUT2D eigenvalue weighted by Crippen LogP contribution is -2.74. The molecule has 0 bridgehead atoms. The molecule has 10 aromatic carbocycles. The summed E-state index contributed by atoms with van der Waals surface area (Å²) in [6.07, 6.45) is 0. The van der Waals surface area contributed by atoms with Gasteiger partial charge in [0.05, 0.1) is 22.7 Å². The Kier molecular flexibility index (Phi) is 8.87. The molecule has 0 aromatic heterocycles. The number of rotatable bonds is 6. The van der Waals surface area contributed by atoms with Crippen molar-refractivity contribution in [2.24, 2.45) is 0 Å². The van der Waals surface area contributed by atoms with E-state index in [1.54, 1.807) is 0 Å². The lowest BCUT2D eigenvalue weighted by molar-refractivity contribution is 1.30. The van der Waals surface area contributed by atoms with Gasteiger partial charge in [-0.3, -0.25) is 0 Å². The molecule has 0 radical (unpaired) electrons. The SMILES string of the molecule is c1ccc([Si](c2ccccc2)(c2ccc(N3c4ccccc4-c4ccccc4-c4ccccc43)cc2)c2ccc(N3c4ccccc4-c4ccccc4-c4ccccc43)cc2)cc1. The van der Waals surface area contributed by atoms with Gasteiger partial charge < -0.3 is 9.80 Å². The highest BCUT2D eigenvalue weighted by Crippen LogP contribution is 2.52. The van der Waals surface area contributed by atoms with Gasteiger partial charge in [-0.2, -0.15) is 0 Å². The molecule has 2 aliphatic heterocycles. The van der Waals surface area contributed by atoms with Crippen LogP contribution in [0.3, 0.4) is 0 Å². The largest absolute Gasteiger partial charge is 0.309 e. The van der Waals surface area contributed by atoms with E-state index in [0.29, 0.717) is 0 Å². The van der Waals surface area contributed by atoms with Crippen molar-refractivity contribution in [2.45, 2.75) is 0 Å². The summed E-state index contributed by atoms with van der Waals surface area (Å²) >= 11 is 0. The zero-order chi connectivity index (χ0) is 41.7. The van der Waals surface area contributed by atoms with Gasteiger partial charge in [0.2, 0.25) is 0 Å². The van der Waals surface area contributed by atoms with Crippen LogP contribution in [-0.2, 0) is 0 Å². The normalized spacial score (nSPS) is 12.4. The van der Waals surface area contributed by atoms with Crippen LogP contribution < -0.4 is 30.5 Å². The molecule has 0 amide bonds. The first-order valence-corrected chi connectivity index (χ1v) is 23.8. The first-order chi connectivity index (χ1) is 31.3. The fraction of sp³-hybridized carbons (Fsp3) is 0. The summed E-state index contributed by atoms with van der Waals surface area (Å²) in [5, 5.41) is 5.35. The fourth-order valence-corrected chi connectivity index (χ4v) is 15.1. The molecule has 0 saturated heterocycles. The molecule has 0 aliphatic carbocycles. The molecule has 0 N–H and O–H groups in total. The summed E-state index contributed by atoms with van der Waals surface area (Å²) in [6.45, 7) is 0. The van der Waals surface area contributed by atoms with E-state index in [1.807, 2.05) is 0 Å². The van der Waals surface area contributed by atoms with Crippen molar-refractivity contribution in [2.75, 3.05) is 9.80 Å². The van der Waals surface area contributed by atoms with Crippen LogP contribution in [0, 0.1) is 0 Å². The van der Waals surface area contributed by atoms with E-state index in [9.17, 15) is 0 Å². The minimum Gasteiger partial charge on any atom is -0.309 e. The van der Waals surface area contributed by atoms with Crippen LogP contribution >= 0.6 is 0 Å². The Hall–Kier alpha value is -7.98. The number of hydrogen-bond donors (Lipinski definition) is 0. The molecule has 0 spiro atoms. The average Bonchev–Trinajstić information content (AvgIpc) is 3.57. The third-order valence-electron chi connectivity index (χ3n) is 13.1. The standard InChI is InChI=1S/C60H42N2Si/c1-3-19-45(20-4-1)63(46-21-5-2-6-22-46,47-39-35-43(36-40-47)61-57-31-15-11-27-53(57)49-23-7-8-24-50(49)54-28-12-16-32-58(54)61)48-41-37-44(38-42-48)62-59-33-17-13-29-55(59)51-25-9-10-26-52(51)56-30-14-18-34-60(56)62/h1-42H. The van der Waals surface area contributed by atoms with Gasteiger partial charge >= 0.3 is 0 Å². The van der Waals surface area contributed by atoms with E-state index < -0.39 is 8.07 Å². The third-order valence-corrected chi connectivity index (χ3v) is 17.9. The number of nitrogens with zero attached hydrogens (tertiary/aromatic N) is 2. The summed E-state index contributed by atoms with van der Waals surface area (Å²) in [6, 6.07) is 94.5. The van der Waals surface area contributed by atoms with Gasteiger partial charge in [0.1, 0.15) is 0 Å². The number of para-hydroxylation sites is 4. The van der Waals surface area contributed by atoms with Gasteiger partial charge in [0.25, 0.3) is 0 Å². The van der Waals surface area contributed by atoms with Crippen LogP contribution in [0.25, 0.3) is 44.5 Å². The molecular formula is C60H42N2Si. The number of hydrogen-bond acceptors (Lipinski definition) is 2. The van der Waals surface area contributed by atoms with Crippen molar-refractivity contribution >= 4 is 62.9 Å². The second-order valence-corrected chi connectivity index (χ2v) is 20.2. The smallest absolute Gasteiger partial charge is 0.179 e. The molecule has 10 aromatic rings. The van der Waals surface area contributed by atoms with Crippen LogP contribution in [0.5, 0.6) is 0 Å². The van der Waals surface area contributed by atoms with Crippen molar-refractivity contribution < 1.29 is 0 Å². The van der Waals surface area contributed by atoms with E-state index in [-0.39, 0.29) is 0 Å². The zero-order valence-electron chi connectivity index (χ0n) is 34.6. The van der Waals surface area contributed by atoms with Crippen molar-refractivity contribution in [1.29, 1.82) is 0 Å². The van der Waals surface area contributed by atoms with Crippen molar-refractivity contribution in [3.63, 3.8) is 0 Å². The minimum absolute atomic E-state index is 1.13. The zero-order valence-corrected chi connectivity index (χ0v) is 35.6. The first kappa shape index (κ1) is 36.8. The van der Waals surface area contributed by atoms with Gasteiger partial charge in [-0.15, -0.1) is 0 Å². The van der Waals surface area contributed by atoms with E-state index in [1.165, 1.54) is 88.0 Å². The van der Waals surface area contributed by atoms with Crippen molar-refractivity contribution in [3.8, 4) is 44.5 Å². The molecule has 2 nitrogen and oxygen atoms in total. The second kappa shape index (κ2) is 15.2. The van der Waals surface area contributed by atoms with Gasteiger partial charge in [0.15, 0.2) is 8.07 Å². The Balaban J connectivity index is 1.04. The minimum atomic E-state index is -2.89. The molecule has 2 aliphatic rings. The average molecular weight is 819 g/mol. The summed E-state index contributed by atoms with van der Waals surface area (Å²) in [4.78, 5) is 4.90. The highest BCUT2D eigenvalue weighted by Gasteiger charge is 2.42. The molecule has 0 saturated carbocycles. The Morgan fingerprint density at radius 1 is 0.190 bits per heavy atom.